The van der Waals surface area contributed by atoms with Crippen LogP contribution in [-0.2, 0) is 15.2 Å². The number of carbonyl (C=O) groups excluding carboxylic acids is 1. The van der Waals surface area contributed by atoms with Gasteiger partial charge in [-0.3, -0.25) is 0 Å². The Labute approximate surface area is 205 Å². The van der Waals surface area contributed by atoms with Gasteiger partial charge in [-0.15, -0.1) is 0 Å². The van der Waals surface area contributed by atoms with E-state index >= 15 is 0 Å². The summed E-state index contributed by atoms with van der Waals surface area (Å²) in [5.41, 5.74) is 1.61. The van der Waals surface area contributed by atoms with Crippen LogP contribution in [0, 0.1) is 0 Å². The zero-order valence-corrected chi connectivity index (χ0v) is 20.0. The zero-order valence-electron chi connectivity index (χ0n) is 18.4. The van der Waals surface area contributed by atoms with Gasteiger partial charge in [-0.2, -0.15) is 22.7 Å². The van der Waals surface area contributed by atoms with E-state index < -0.39 is 23.6 Å². The molecule has 34 heavy (non-hydrogen) atoms. The fraction of sp³-hybridized carbons (Fsp3) is 0.250. The molecule has 2 unspecified atom stereocenters. The minimum atomic E-state index is -1.51. The van der Waals surface area contributed by atoms with E-state index in [-0.39, 0.29) is 11.8 Å². The second-order valence-corrected chi connectivity index (χ2v) is 9.10. The Hall–Kier alpha value is -3.02. The van der Waals surface area contributed by atoms with Gasteiger partial charge >= 0.3 is 5.97 Å². The third-order valence-electron chi connectivity index (χ3n) is 5.14. The number of aromatic hydroxyl groups is 1. The third kappa shape index (κ3) is 8.08. The molecule has 0 saturated carbocycles. The lowest BCUT2D eigenvalue weighted by Gasteiger charge is -2.27. The lowest BCUT2D eigenvalue weighted by Crippen LogP contribution is -2.90. The van der Waals surface area contributed by atoms with Crippen LogP contribution in [0.4, 0.5) is 0 Å². The summed E-state index contributed by atoms with van der Waals surface area (Å²) in [4.78, 5) is 19.0. The Kier molecular flexibility index (Phi) is 10.4. The molecule has 8 nitrogen and oxygen atoms in total. The Bertz CT molecular complexity index is 997. The number of carbonyl (C=O) groups is 2. The van der Waals surface area contributed by atoms with Crippen LogP contribution in [0.5, 0.6) is 5.75 Å². The van der Waals surface area contributed by atoms with Crippen molar-refractivity contribution in [1.29, 1.82) is 0 Å². The SMILES string of the molecule is CC([NH2+]CCC(O)(c1ccsc1)c1ccsc1)C(O)c1ccc(O)cc1.O=C([O-])/C=C/C(=O)O. The molecule has 10 heteroatoms. The molecule has 2 heterocycles. The second-order valence-electron chi connectivity index (χ2n) is 7.54. The first-order chi connectivity index (χ1) is 16.1. The van der Waals surface area contributed by atoms with Gasteiger partial charge in [-0.1, -0.05) is 12.1 Å². The molecule has 182 valence electrons. The lowest BCUT2D eigenvalue weighted by atomic mass is 9.86. The number of thiophene rings is 2. The molecule has 0 saturated heterocycles. The molecule has 0 amide bonds. The van der Waals surface area contributed by atoms with E-state index in [9.17, 15) is 30.0 Å². The predicted octanol–water partition coefficient (Wildman–Crippen LogP) is 1.20. The molecule has 0 spiro atoms. The van der Waals surface area contributed by atoms with Gasteiger partial charge < -0.3 is 35.6 Å². The number of carboxylic acids is 2. The summed E-state index contributed by atoms with van der Waals surface area (Å²) in [7, 11) is 0. The molecule has 0 radical (unpaired) electrons. The van der Waals surface area contributed by atoms with Gasteiger partial charge in [-0.25, -0.2) is 4.79 Å². The van der Waals surface area contributed by atoms with E-state index in [0.29, 0.717) is 25.1 Å². The number of nitrogens with two attached hydrogens (primary N) is 1. The molecule has 0 bridgehead atoms. The topological polar surface area (TPSA) is 155 Å². The van der Waals surface area contributed by atoms with Crippen molar-refractivity contribution in [2.75, 3.05) is 6.54 Å². The molecular weight excluding hydrogens is 478 g/mol. The molecule has 0 aliphatic heterocycles. The summed E-state index contributed by atoms with van der Waals surface area (Å²) < 4.78 is 0. The van der Waals surface area contributed by atoms with E-state index in [4.69, 9.17) is 5.11 Å². The van der Waals surface area contributed by atoms with Gasteiger partial charge in [0.1, 0.15) is 23.5 Å². The highest BCUT2D eigenvalue weighted by Gasteiger charge is 2.33. The first-order valence-corrected chi connectivity index (χ1v) is 12.2. The summed E-state index contributed by atoms with van der Waals surface area (Å²) in [6, 6.07) is 10.5. The Morgan fingerprint density at radius 1 is 1.06 bits per heavy atom. The molecule has 2 atom stereocenters. The quantitative estimate of drug-likeness (QED) is 0.259. The highest BCUT2D eigenvalue weighted by Crippen LogP contribution is 2.35. The van der Waals surface area contributed by atoms with Crippen molar-refractivity contribution >= 4 is 34.6 Å². The molecule has 0 aliphatic rings. The minimum absolute atomic E-state index is 0.0613. The zero-order chi connectivity index (χ0) is 25.1. The van der Waals surface area contributed by atoms with Crippen molar-refractivity contribution in [2.24, 2.45) is 0 Å². The normalized spacial score (nSPS) is 13.1. The van der Waals surface area contributed by atoms with Crippen molar-refractivity contribution in [3.05, 3.63) is 86.8 Å². The number of aliphatic hydroxyl groups excluding tert-OH is 1. The number of benzene rings is 1. The first-order valence-electron chi connectivity index (χ1n) is 10.3. The molecule has 0 aliphatic carbocycles. The number of phenolic OH excluding ortho intramolecular Hbond substituents is 1. The monoisotopic (exact) mass is 505 g/mol. The van der Waals surface area contributed by atoms with Crippen LogP contribution in [-0.4, -0.2) is 45.0 Å². The third-order valence-corrected chi connectivity index (χ3v) is 6.50. The molecule has 6 N–H and O–H groups in total. The number of hydrogen-bond acceptors (Lipinski definition) is 8. The number of rotatable bonds is 10. The van der Waals surface area contributed by atoms with E-state index in [1.165, 1.54) is 0 Å². The highest BCUT2D eigenvalue weighted by atomic mass is 32.1. The van der Waals surface area contributed by atoms with Crippen molar-refractivity contribution in [1.82, 2.24) is 0 Å². The van der Waals surface area contributed by atoms with Crippen LogP contribution in [0.1, 0.15) is 36.1 Å². The maximum absolute atomic E-state index is 11.3. The molecule has 0 fully saturated rings. The van der Waals surface area contributed by atoms with Gasteiger partial charge in [0.2, 0.25) is 0 Å². The molecule has 3 aromatic rings. The van der Waals surface area contributed by atoms with Crippen molar-refractivity contribution < 1.29 is 40.4 Å². The van der Waals surface area contributed by atoms with Crippen molar-refractivity contribution in [2.45, 2.75) is 31.1 Å². The van der Waals surface area contributed by atoms with Gasteiger partial charge in [0, 0.05) is 12.5 Å². The van der Waals surface area contributed by atoms with E-state index in [2.05, 4.69) is 5.32 Å². The maximum atomic E-state index is 11.3. The molecule has 3 rings (SSSR count). The summed E-state index contributed by atoms with van der Waals surface area (Å²) in [6.07, 6.45) is 0.871. The first kappa shape index (κ1) is 27.2. The van der Waals surface area contributed by atoms with Crippen molar-refractivity contribution in [3.8, 4) is 5.75 Å². The smallest absolute Gasteiger partial charge is 0.328 e. The Morgan fingerprint density at radius 2 is 1.62 bits per heavy atom. The number of carboxylic acid groups (broad SMARTS) is 2. The van der Waals surface area contributed by atoms with Gasteiger partial charge in [0.05, 0.1) is 12.5 Å². The Morgan fingerprint density at radius 3 is 2.03 bits per heavy atom. The fourth-order valence-corrected chi connectivity index (χ4v) is 4.70. The maximum Gasteiger partial charge on any atom is 0.328 e. The van der Waals surface area contributed by atoms with Crippen molar-refractivity contribution in [3.63, 3.8) is 0 Å². The van der Waals surface area contributed by atoms with E-state index in [1.54, 1.807) is 46.9 Å². The summed E-state index contributed by atoms with van der Waals surface area (Å²) in [5.74, 6) is -2.62. The number of phenols is 1. The largest absolute Gasteiger partial charge is 0.545 e. The molecular formula is C24H27NO7S2. The van der Waals surface area contributed by atoms with Gasteiger partial charge in [-0.05, 0) is 75.5 Å². The predicted molar refractivity (Wildman–Crippen MR) is 127 cm³/mol. The van der Waals surface area contributed by atoms with E-state index in [0.717, 1.165) is 16.7 Å². The average Bonchev–Trinajstić information content (AvgIpc) is 3.53. The van der Waals surface area contributed by atoms with Crippen LogP contribution in [0.3, 0.4) is 0 Å². The average molecular weight is 506 g/mol. The fourth-order valence-electron chi connectivity index (χ4n) is 3.25. The standard InChI is InChI=1S/C20H23NO3S2.C4H4O4/c1-14(19(23)15-2-4-18(22)5-3-15)21-9-8-20(24,16-6-10-25-12-16)17-7-11-26-13-17;5-3(6)1-2-4(7)8/h2-7,10-14,19,21-24H,8-9H2,1H3;1-2H,(H,5,6)(H,7,8)/b;2-1+. The number of aliphatic carboxylic acids is 2. The van der Waals surface area contributed by atoms with Crippen LogP contribution in [0.15, 0.2) is 70.1 Å². The Balaban J connectivity index is 0.000000440. The molecule has 1 aromatic carbocycles. The highest BCUT2D eigenvalue weighted by molar-refractivity contribution is 7.08. The second kappa shape index (κ2) is 13.0. The van der Waals surface area contributed by atoms with E-state index in [1.807, 2.05) is 40.6 Å². The minimum Gasteiger partial charge on any atom is -0.545 e. The number of aliphatic hydroxyl groups is 2. The van der Waals surface area contributed by atoms with Gasteiger partial charge in [0.25, 0.3) is 0 Å². The molecule has 2 aromatic heterocycles. The summed E-state index contributed by atoms with van der Waals surface area (Å²) in [6.45, 7) is 2.64. The number of hydrogen-bond donors (Lipinski definition) is 5. The van der Waals surface area contributed by atoms with Crippen LogP contribution < -0.4 is 10.4 Å². The van der Waals surface area contributed by atoms with Crippen LogP contribution >= 0.6 is 22.7 Å². The van der Waals surface area contributed by atoms with Gasteiger partial charge in [0.15, 0.2) is 0 Å². The lowest BCUT2D eigenvalue weighted by molar-refractivity contribution is -0.696. The number of quaternary nitrogens is 1. The summed E-state index contributed by atoms with van der Waals surface area (Å²) in [5, 5.41) is 58.4. The van der Waals surface area contributed by atoms with Crippen LogP contribution in [0.25, 0.3) is 0 Å². The van der Waals surface area contributed by atoms with Crippen LogP contribution in [0.2, 0.25) is 0 Å². The summed E-state index contributed by atoms with van der Waals surface area (Å²) >= 11 is 3.16.